The quantitative estimate of drug-likeness (QED) is 0.350. The van der Waals surface area contributed by atoms with Crippen LogP contribution < -0.4 is 0 Å². The van der Waals surface area contributed by atoms with Crippen LogP contribution in [0.15, 0.2) is 70.2 Å². The average molecular weight is 565 g/mol. The standard InChI is InChI=1S/C24H19F3N4O5S2/c25-24(26,27)23(32)29-10-12-38-22(29)20-18(14-1-5-16(6-2-14)30(33)34)13-19-28(9-11-37-19)21(20)15-3-7-17(8-4-15)31(35)36/h1-8,13,18,21H,9-12H2/b22-20-/t18-,21+/m0/s1. The van der Waals surface area contributed by atoms with Crippen molar-refractivity contribution >= 4 is 40.8 Å². The Balaban J connectivity index is 1.72. The molecule has 0 N–H and O–H groups in total. The van der Waals surface area contributed by atoms with Gasteiger partial charge in [-0.2, -0.15) is 13.2 Å². The van der Waals surface area contributed by atoms with Gasteiger partial charge in [-0.3, -0.25) is 29.9 Å². The fraction of sp³-hybridized carbons (Fsp3) is 0.292. The van der Waals surface area contributed by atoms with E-state index in [1.165, 1.54) is 24.3 Å². The maximum atomic E-state index is 13.6. The summed E-state index contributed by atoms with van der Waals surface area (Å²) in [5.41, 5.74) is 1.53. The Labute approximate surface area is 222 Å². The zero-order chi connectivity index (χ0) is 27.2. The summed E-state index contributed by atoms with van der Waals surface area (Å²) in [6.07, 6.45) is -3.15. The number of hydrogen-bond acceptors (Lipinski definition) is 8. The number of nitro benzene ring substituents is 2. The number of halogens is 3. The number of thioether (sulfide) groups is 2. The number of non-ortho nitro benzene ring substituents is 2. The topological polar surface area (TPSA) is 110 Å². The van der Waals surface area contributed by atoms with E-state index in [9.17, 15) is 38.2 Å². The highest BCUT2D eigenvalue weighted by atomic mass is 32.2. The molecule has 9 nitrogen and oxygen atoms in total. The molecule has 1 amide bonds. The molecule has 0 aliphatic carbocycles. The minimum atomic E-state index is -5.07. The van der Waals surface area contributed by atoms with Crippen LogP contribution in [0.5, 0.6) is 0 Å². The number of rotatable bonds is 4. The number of carbonyl (C=O) groups excluding carboxylic acids is 1. The molecule has 0 bridgehead atoms. The molecule has 3 heterocycles. The predicted molar refractivity (Wildman–Crippen MR) is 136 cm³/mol. The van der Waals surface area contributed by atoms with Gasteiger partial charge in [0.25, 0.3) is 11.4 Å². The minimum absolute atomic E-state index is 0.118. The second kappa shape index (κ2) is 9.98. The van der Waals surface area contributed by atoms with E-state index in [2.05, 4.69) is 0 Å². The Kier molecular flexibility index (Phi) is 6.86. The Bertz CT molecular complexity index is 1360. The van der Waals surface area contributed by atoms with Crippen LogP contribution >= 0.6 is 23.5 Å². The normalized spacial score (nSPS) is 23.3. The van der Waals surface area contributed by atoms with Gasteiger partial charge in [0.15, 0.2) is 0 Å². The third-order valence-electron chi connectivity index (χ3n) is 6.53. The third-order valence-corrected chi connectivity index (χ3v) is 8.70. The van der Waals surface area contributed by atoms with E-state index in [0.29, 0.717) is 23.2 Å². The summed E-state index contributed by atoms with van der Waals surface area (Å²) in [5, 5.41) is 23.5. The summed E-state index contributed by atoms with van der Waals surface area (Å²) < 4.78 is 40.7. The lowest BCUT2D eigenvalue weighted by Gasteiger charge is -2.41. The predicted octanol–water partition coefficient (Wildman–Crippen LogP) is 5.58. The molecule has 3 aliphatic heterocycles. The van der Waals surface area contributed by atoms with Gasteiger partial charge in [-0.25, -0.2) is 0 Å². The van der Waals surface area contributed by atoms with Crippen LogP contribution in [-0.2, 0) is 4.79 Å². The molecular weight excluding hydrogens is 545 g/mol. The van der Waals surface area contributed by atoms with Crippen molar-refractivity contribution in [3.8, 4) is 0 Å². The van der Waals surface area contributed by atoms with Gasteiger partial charge in [0.05, 0.1) is 25.9 Å². The minimum Gasteiger partial charge on any atom is -0.355 e. The van der Waals surface area contributed by atoms with Crippen molar-refractivity contribution in [2.45, 2.75) is 18.1 Å². The second-order valence-electron chi connectivity index (χ2n) is 8.69. The number of benzene rings is 2. The Morgan fingerprint density at radius 1 is 0.868 bits per heavy atom. The van der Waals surface area contributed by atoms with Gasteiger partial charge in [0.2, 0.25) is 0 Å². The zero-order valence-electron chi connectivity index (χ0n) is 19.5. The summed E-state index contributed by atoms with van der Waals surface area (Å²) >= 11 is 2.73. The number of nitrogens with zero attached hydrogens (tertiary/aromatic N) is 4. The lowest BCUT2D eigenvalue weighted by atomic mass is 9.81. The van der Waals surface area contributed by atoms with Gasteiger partial charge < -0.3 is 4.90 Å². The van der Waals surface area contributed by atoms with Gasteiger partial charge in [-0.15, -0.1) is 23.5 Å². The van der Waals surface area contributed by atoms with E-state index < -0.39 is 33.9 Å². The Morgan fingerprint density at radius 3 is 1.97 bits per heavy atom. The van der Waals surface area contributed by atoms with Crippen molar-refractivity contribution in [3.63, 3.8) is 0 Å². The maximum absolute atomic E-state index is 13.6. The van der Waals surface area contributed by atoms with Crippen LogP contribution in [0.2, 0.25) is 0 Å². The molecule has 0 aromatic heterocycles. The molecule has 0 spiro atoms. The summed E-state index contributed by atoms with van der Waals surface area (Å²) in [5.74, 6) is -1.55. The fourth-order valence-electron chi connectivity index (χ4n) is 4.88. The molecule has 3 aliphatic rings. The molecule has 2 atom stereocenters. The van der Waals surface area contributed by atoms with Gasteiger partial charge in [0, 0.05) is 54.8 Å². The van der Waals surface area contributed by atoms with E-state index in [1.807, 2.05) is 11.0 Å². The van der Waals surface area contributed by atoms with E-state index in [-0.39, 0.29) is 28.7 Å². The molecule has 0 unspecified atom stereocenters. The van der Waals surface area contributed by atoms with Gasteiger partial charge in [-0.1, -0.05) is 12.1 Å². The van der Waals surface area contributed by atoms with Gasteiger partial charge in [-0.05, 0) is 34.9 Å². The first-order chi connectivity index (χ1) is 18.1. The maximum Gasteiger partial charge on any atom is 0.471 e. The van der Waals surface area contributed by atoms with Crippen LogP contribution in [0.1, 0.15) is 23.1 Å². The van der Waals surface area contributed by atoms with Gasteiger partial charge in [0.1, 0.15) is 0 Å². The highest BCUT2D eigenvalue weighted by Gasteiger charge is 2.48. The van der Waals surface area contributed by atoms with E-state index in [4.69, 9.17) is 0 Å². The molecular formula is C24H19F3N4O5S2. The van der Waals surface area contributed by atoms with E-state index >= 15 is 0 Å². The van der Waals surface area contributed by atoms with Crippen molar-refractivity contribution in [1.29, 1.82) is 0 Å². The first kappa shape index (κ1) is 26.1. The first-order valence-electron chi connectivity index (χ1n) is 11.4. The van der Waals surface area contributed by atoms with E-state index in [0.717, 1.165) is 27.4 Å². The number of amides is 1. The molecule has 14 heteroatoms. The lowest BCUT2D eigenvalue weighted by molar-refractivity contribution is -0.385. The number of hydrogen-bond donors (Lipinski definition) is 0. The average Bonchev–Trinajstić information content (AvgIpc) is 3.56. The molecule has 2 aromatic rings. The number of nitro groups is 2. The number of fused-ring (bicyclic) bond motifs is 1. The molecule has 38 heavy (non-hydrogen) atoms. The van der Waals surface area contributed by atoms with Crippen LogP contribution in [0.25, 0.3) is 0 Å². The monoisotopic (exact) mass is 564 g/mol. The summed E-state index contributed by atoms with van der Waals surface area (Å²) in [4.78, 5) is 36.6. The lowest BCUT2D eigenvalue weighted by Crippen LogP contribution is -2.40. The highest BCUT2D eigenvalue weighted by molar-refractivity contribution is 8.03. The van der Waals surface area contributed by atoms with Crippen molar-refractivity contribution in [2.75, 3.05) is 24.6 Å². The zero-order valence-corrected chi connectivity index (χ0v) is 21.1. The smallest absolute Gasteiger partial charge is 0.355 e. The number of carbonyl (C=O) groups is 1. The fourth-order valence-corrected chi connectivity index (χ4v) is 7.17. The van der Waals surface area contributed by atoms with Crippen molar-refractivity contribution in [1.82, 2.24) is 9.80 Å². The Hall–Kier alpha value is -3.52. The molecule has 5 rings (SSSR count). The van der Waals surface area contributed by atoms with Crippen molar-refractivity contribution < 1.29 is 27.8 Å². The number of alkyl halides is 3. The van der Waals surface area contributed by atoms with Crippen LogP contribution in [0.3, 0.4) is 0 Å². The summed E-state index contributed by atoms with van der Waals surface area (Å²) in [6, 6.07) is 11.1. The van der Waals surface area contributed by atoms with Crippen LogP contribution in [0, 0.1) is 20.2 Å². The largest absolute Gasteiger partial charge is 0.471 e. The Morgan fingerprint density at radius 2 is 1.42 bits per heavy atom. The molecule has 2 saturated heterocycles. The van der Waals surface area contributed by atoms with Gasteiger partial charge >= 0.3 is 12.1 Å². The SMILES string of the molecule is O=C(N1CCS/C1=C1/[C@H](c2ccc([N+](=O)[O-])cc2)C=C2SCCN2[C@@H]1c1ccc([N+](=O)[O-])cc1)C(F)(F)F. The third kappa shape index (κ3) is 4.73. The molecule has 0 radical (unpaired) electrons. The molecule has 198 valence electrons. The first-order valence-corrected chi connectivity index (χ1v) is 13.4. The highest BCUT2D eigenvalue weighted by Crippen LogP contribution is 2.54. The summed E-state index contributed by atoms with van der Waals surface area (Å²) in [6.45, 7) is 0.465. The summed E-state index contributed by atoms with van der Waals surface area (Å²) in [7, 11) is 0. The van der Waals surface area contributed by atoms with Crippen LogP contribution in [-0.4, -0.2) is 56.3 Å². The van der Waals surface area contributed by atoms with Crippen LogP contribution in [0.4, 0.5) is 24.5 Å². The molecule has 2 fully saturated rings. The molecule has 2 aromatic carbocycles. The van der Waals surface area contributed by atoms with Crippen molar-refractivity contribution in [2.24, 2.45) is 0 Å². The molecule has 0 saturated carbocycles. The second-order valence-corrected chi connectivity index (χ2v) is 10.9. The van der Waals surface area contributed by atoms with E-state index in [1.54, 1.807) is 36.0 Å². The van der Waals surface area contributed by atoms with Crippen molar-refractivity contribution in [3.05, 3.63) is 102 Å². The number of allylic oxidation sites excluding steroid dienone is 1.